The maximum atomic E-state index is 13.1. The zero-order valence-electron chi connectivity index (χ0n) is 18.0. The molecular formula is C23H34N2O4S. The van der Waals surface area contributed by atoms with Crippen LogP contribution >= 0.6 is 0 Å². The summed E-state index contributed by atoms with van der Waals surface area (Å²) in [6.07, 6.45) is 7.21. The highest BCUT2D eigenvalue weighted by atomic mass is 32.2. The van der Waals surface area contributed by atoms with Crippen LogP contribution in [0.15, 0.2) is 29.2 Å². The van der Waals surface area contributed by atoms with E-state index in [0.29, 0.717) is 44.0 Å². The Hall–Kier alpha value is -1.44. The third kappa shape index (κ3) is 4.73. The number of amides is 1. The van der Waals surface area contributed by atoms with Gasteiger partial charge in [0, 0.05) is 44.3 Å². The second kappa shape index (κ2) is 9.37. The van der Waals surface area contributed by atoms with E-state index in [0.717, 1.165) is 38.5 Å². The number of ether oxygens (including phenoxy) is 1. The number of hydrogen-bond acceptors (Lipinski definition) is 4. The average Bonchev–Trinajstić information content (AvgIpc) is 3.61. The van der Waals surface area contributed by atoms with Crippen LogP contribution < -0.4 is 0 Å². The van der Waals surface area contributed by atoms with Gasteiger partial charge in [-0.3, -0.25) is 4.79 Å². The molecule has 2 aliphatic heterocycles. The van der Waals surface area contributed by atoms with E-state index in [1.165, 1.54) is 5.56 Å². The number of sulfonamides is 1. The maximum absolute atomic E-state index is 13.1. The van der Waals surface area contributed by atoms with Crippen molar-refractivity contribution in [3.63, 3.8) is 0 Å². The molecule has 6 nitrogen and oxygen atoms in total. The lowest BCUT2D eigenvalue weighted by atomic mass is 9.98. The Bertz CT molecular complexity index is 821. The first-order chi connectivity index (χ1) is 14.5. The maximum Gasteiger partial charge on any atom is 0.243 e. The summed E-state index contributed by atoms with van der Waals surface area (Å²) in [4.78, 5) is 15.5. The van der Waals surface area contributed by atoms with Crippen molar-refractivity contribution in [1.29, 1.82) is 0 Å². The predicted octanol–water partition coefficient (Wildman–Crippen LogP) is 3.21. The van der Waals surface area contributed by atoms with Gasteiger partial charge in [0.2, 0.25) is 15.9 Å². The van der Waals surface area contributed by atoms with E-state index in [4.69, 9.17) is 4.74 Å². The summed E-state index contributed by atoms with van der Waals surface area (Å²) in [6, 6.07) is 7.69. The highest BCUT2D eigenvalue weighted by Gasteiger charge is 2.41. The third-order valence-electron chi connectivity index (χ3n) is 6.68. The minimum absolute atomic E-state index is 0.139. The second-order valence-corrected chi connectivity index (χ2v) is 10.8. The quantitative estimate of drug-likeness (QED) is 0.661. The van der Waals surface area contributed by atoms with Crippen molar-refractivity contribution in [2.45, 2.75) is 75.3 Å². The van der Waals surface area contributed by atoms with Gasteiger partial charge < -0.3 is 9.64 Å². The van der Waals surface area contributed by atoms with Crippen LogP contribution in [0.2, 0.25) is 0 Å². The van der Waals surface area contributed by atoms with Gasteiger partial charge in [-0.1, -0.05) is 25.5 Å². The molecule has 1 saturated carbocycles. The van der Waals surface area contributed by atoms with E-state index in [1.54, 1.807) is 16.4 Å². The molecule has 1 aromatic rings. The predicted molar refractivity (Wildman–Crippen MR) is 116 cm³/mol. The Balaban J connectivity index is 1.42. The van der Waals surface area contributed by atoms with E-state index in [9.17, 15) is 13.2 Å². The summed E-state index contributed by atoms with van der Waals surface area (Å²) < 4.78 is 33.3. The monoisotopic (exact) mass is 434 g/mol. The number of rotatable bonds is 7. The number of piperidine rings is 1. The molecule has 1 aromatic carbocycles. The Labute approximate surface area is 180 Å². The van der Waals surface area contributed by atoms with Crippen molar-refractivity contribution in [3.8, 4) is 0 Å². The number of carbonyl (C=O) groups excluding carboxylic acids is 1. The van der Waals surface area contributed by atoms with E-state index >= 15 is 0 Å². The lowest BCUT2D eigenvalue weighted by Gasteiger charge is -2.43. The van der Waals surface area contributed by atoms with Gasteiger partial charge in [0.05, 0.1) is 4.90 Å². The van der Waals surface area contributed by atoms with Crippen molar-refractivity contribution in [2.24, 2.45) is 5.92 Å². The molecule has 30 heavy (non-hydrogen) atoms. The van der Waals surface area contributed by atoms with Gasteiger partial charge in [-0.15, -0.1) is 0 Å². The van der Waals surface area contributed by atoms with Crippen LogP contribution in [-0.2, 0) is 26.0 Å². The summed E-state index contributed by atoms with van der Waals surface area (Å²) in [6.45, 7) is 4.48. The molecule has 0 aromatic heterocycles. The number of carbonyl (C=O) groups is 1. The second-order valence-electron chi connectivity index (χ2n) is 8.89. The molecule has 0 bridgehead atoms. The van der Waals surface area contributed by atoms with Crippen molar-refractivity contribution in [2.75, 3.05) is 26.3 Å². The SMILES string of the molecule is CCCc1ccc(S(=O)(=O)N2CCC(N(C(=O)C3CC3)C3CCOCC3)CC2)cc1. The van der Waals surface area contributed by atoms with Crippen LogP contribution in [0.3, 0.4) is 0 Å². The van der Waals surface area contributed by atoms with Gasteiger partial charge in [-0.25, -0.2) is 8.42 Å². The van der Waals surface area contributed by atoms with Gasteiger partial charge in [0.15, 0.2) is 0 Å². The first-order valence-corrected chi connectivity index (χ1v) is 12.9. The molecule has 1 amide bonds. The molecule has 1 aliphatic carbocycles. The minimum atomic E-state index is -3.48. The third-order valence-corrected chi connectivity index (χ3v) is 8.59. The summed E-state index contributed by atoms with van der Waals surface area (Å²) in [5.41, 5.74) is 1.17. The fraction of sp³-hybridized carbons (Fsp3) is 0.696. The highest BCUT2D eigenvalue weighted by Crippen LogP contribution is 2.35. The summed E-state index contributed by atoms with van der Waals surface area (Å²) in [5, 5.41) is 0. The minimum Gasteiger partial charge on any atom is -0.381 e. The zero-order valence-corrected chi connectivity index (χ0v) is 18.8. The lowest BCUT2D eigenvalue weighted by molar-refractivity contribution is -0.141. The Kier molecular flexibility index (Phi) is 6.80. The van der Waals surface area contributed by atoms with E-state index in [1.807, 2.05) is 12.1 Å². The molecule has 0 atom stereocenters. The first kappa shape index (κ1) is 21.8. The van der Waals surface area contributed by atoms with Gasteiger partial charge in [-0.05, 0) is 62.6 Å². The topological polar surface area (TPSA) is 66.9 Å². The molecular weight excluding hydrogens is 400 g/mol. The molecule has 2 heterocycles. The summed E-state index contributed by atoms with van der Waals surface area (Å²) in [7, 11) is -3.48. The molecule has 4 rings (SSSR count). The molecule has 0 unspecified atom stereocenters. The van der Waals surface area contributed by atoms with Gasteiger partial charge >= 0.3 is 0 Å². The van der Waals surface area contributed by atoms with Gasteiger partial charge in [0.1, 0.15) is 0 Å². The van der Waals surface area contributed by atoms with E-state index in [2.05, 4.69) is 11.8 Å². The smallest absolute Gasteiger partial charge is 0.243 e. The van der Waals surface area contributed by atoms with Crippen molar-refractivity contribution in [1.82, 2.24) is 9.21 Å². The molecule has 3 aliphatic rings. The van der Waals surface area contributed by atoms with E-state index in [-0.39, 0.29) is 23.9 Å². The van der Waals surface area contributed by atoms with Crippen LogP contribution in [0, 0.1) is 5.92 Å². The van der Waals surface area contributed by atoms with Crippen LogP contribution in [-0.4, -0.2) is 61.9 Å². The number of hydrogen-bond donors (Lipinski definition) is 0. The Morgan fingerprint density at radius 2 is 1.60 bits per heavy atom. The average molecular weight is 435 g/mol. The molecule has 0 radical (unpaired) electrons. The molecule has 2 saturated heterocycles. The fourth-order valence-electron chi connectivity index (χ4n) is 4.79. The van der Waals surface area contributed by atoms with E-state index < -0.39 is 10.0 Å². The van der Waals surface area contributed by atoms with Gasteiger partial charge in [0.25, 0.3) is 0 Å². The standard InChI is InChI=1S/C23H34N2O4S/c1-2-3-18-4-8-22(9-5-18)30(27,28)24-14-10-20(11-15-24)25(23(26)19-6-7-19)21-12-16-29-17-13-21/h4-5,8-9,19-21H,2-3,6-7,10-17H2,1H3. The Morgan fingerprint density at radius 1 is 1.00 bits per heavy atom. The van der Waals surface area contributed by atoms with Crippen molar-refractivity contribution in [3.05, 3.63) is 29.8 Å². The molecule has 166 valence electrons. The number of aryl methyl sites for hydroxylation is 1. The van der Waals surface area contributed by atoms with Crippen LogP contribution in [0.5, 0.6) is 0 Å². The highest BCUT2D eigenvalue weighted by molar-refractivity contribution is 7.89. The first-order valence-electron chi connectivity index (χ1n) is 11.5. The van der Waals surface area contributed by atoms with Crippen LogP contribution in [0.1, 0.15) is 57.4 Å². The molecule has 0 N–H and O–H groups in total. The van der Waals surface area contributed by atoms with Gasteiger partial charge in [-0.2, -0.15) is 4.31 Å². The molecule has 3 fully saturated rings. The molecule has 7 heteroatoms. The van der Waals surface area contributed by atoms with Crippen LogP contribution in [0.4, 0.5) is 0 Å². The molecule has 0 spiro atoms. The zero-order chi connectivity index (χ0) is 21.1. The summed E-state index contributed by atoms with van der Waals surface area (Å²) in [5.74, 6) is 0.478. The Morgan fingerprint density at radius 3 is 2.17 bits per heavy atom. The largest absolute Gasteiger partial charge is 0.381 e. The van der Waals surface area contributed by atoms with Crippen molar-refractivity contribution < 1.29 is 17.9 Å². The van der Waals surface area contributed by atoms with Crippen molar-refractivity contribution >= 4 is 15.9 Å². The van der Waals surface area contributed by atoms with Crippen LogP contribution in [0.25, 0.3) is 0 Å². The fourth-order valence-corrected chi connectivity index (χ4v) is 6.26. The summed E-state index contributed by atoms with van der Waals surface area (Å²) >= 11 is 0. The number of benzene rings is 1. The lowest BCUT2D eigenvalue weighted by Crippen LogP contribution is -2.54. The number of nitrogens with zero attached hydrogens (tertiary/aromatic N) is 2. The normalized spacial score (nSPS) is 22.2.